The highest BCUT2D eigenvalue weighted by Gasteiger charge is 2.37. The second-order valence-corrected chi connectivity index (χ2v) is 8.29. The first-order valence-electron chi connectivity index (χ1n) is 8.87. The summed E-state index contributed by atoms with van der Waals surface area (Å²) in [6, 6.07) is 8.59. The van der Waals surface area contributed by atoms with Crippen LogP contribution in [0, 0.1) is 5.92 Å². The van der Waals surface area contributed by atoms with Crippen LogP contribution >= 0.6 is 46.4 Å². The molecule has 7 nitrogen and oxygen atoms in total. The summed E-state index contributed by atoms with van der Waals surface area (Å²) in [5, 5.41) is 2.00. The first-order chi connectivity index (χ1) is 14.7. The lowest BCUT2D eigenvalue weighted by Gasteiger charge is -2.17. The van der Waals surface area contributed by atoms with Gasteiger partial charge in [0.25, 0.3) is 5.91 Å². The molecule has 0 aromatic heterocycles. The molecule has 1 N–H and O–H groups in total. The molecule has 0 saturated carbocycles. The van der Waals surface area contributed by atoms with Crippen LogP contribution in [0.2, 0.25) is 20.1 Å². The zero-order chi connectivity index (χ0) is 22.7. The second kappa shape index (κ2) is 9.87. The zero-order valence-corrected chi connectivity index (χ0v) is 18.7. The average molecular weight is 504 g/mol. The van der Waals surface area contributed by atoms with E-state index in [2.05, 4.69) is 5.43 Å². The van der Waals surface area contributed by atoms with Gasteiger partial charge in [0.1, 0.15) is 0 Å². The molecule has 0 radical (unpaired) electrons. The van der Waals surface area contributed by atoms with Crippen molar-refractivity contribution in [3.63, 3.8) is 0 Å². The molecule has 1 aliphatic rings. The molecule has 2 aromatic carbocycles. The highest BCUT2D eigenvalue weighted by atomic mass is 35.5. The van der Waals surface area contributed by atoms with Gasteiger partial charge >= 0.3 is 5.97 Å². The Morgan fingerprint density at radius 3 is 2.42 bits per heavy atom. The maximum atomic E-state index is 12.3. The second-order valence-electron chi connectivity index (χ2n) is 6.63. The quantitative estimate of drug-likeness (QED) is 0.470. The van der Waals surface area contributed by atoms with Crippen LogP contribution < -0.4 is 5.43 Å². The van der Waals surface area contributed by atoms with Crippen LogP contribution in [-0.2, 0) is 14.3 Å². The maximum Gasteiger partial charge on any atom is 0.311 e. The summed E-state index contributed by atoms with van der Waals surface area (Å²) in [6.07, 6.45) is -0.170. The van der Waals surface area contributed by atoms with E-state index in [1.807, 2.05) is 0 Å². The van der Waals surface area contributed by atoms with Crippen molar-refractivity contribution in [3.05, 3.63) is 67.6 Å². The van der Waals surface area contributed by atoms with E-state index in [1.165, 1.54) is 36.4 Å². The highest BCUT2D eigenvalue weighted by molar-refractivity contribution is 6.42. The van der Waals surface area contributed by atoms with E-state index in [-0.39, 0.29) is 39.2 Å². The van der Waals surface area contributed by atoms with Crippen LogP contribution in [-0.4, -0.2) is 41.7 Å². The lowest BCUT2D eigenvalue weighted by Crippen LogP contribution is -2.43. The minimum Gasteiger partial charge on any atom is -0.457 e. The van der Waals surface area contributed by atoms with Crippen LogP contribution in [0.1, 0.15) is 27.1 Å². The number of ketones is 1. The molecule has 3 rings (SSSR count). The summed E-state index contributed by atoms with van der Waals surface area (Å²) in [6.45, 7) is -0.638. The Hall–Kier alpha value is -2.32. The van der Waals surface area contributed by atoms with Crippen LogP contribution in [0.5, 0.6) is 0 Å². The van der Waals surface area contributed by atoms with Crippen molar-refractivity contribution in [1.82, 2.24) is 10.4 Å². The Morgan fingerprint density at radius 2 is 1.74 bits per heavy atom. The third-order valence-corrected chi connectivity index (χ3v) is 5.74. The third-order valence-electron chi connectivity index (χ3n) is 4.45. The molecule has 11 heteroatoms. The fourth-order valence-corrected chi connectivity index (χ4v) is 3.66. The minimum absolute atomic E-state index is 0.0966. The molecule has 1 saturated heterocycles. The Bertz CT molecular complexity index is 1080. The topological polar surface area (TPSA) is 92.8 Å². The lowest BCUT2D eigenvalue weighted by atomic mass is 10.1. The number of hydrazine groups is 1. The molecular formula is C20H14Cl4N2O5. The van der Waals surface area contributed by atoms with E-state index >= 15 is 0 Å². The van der Waals surface area contributed by atoms with Crippen LogP contribution in [0.15, 0.2) is 36.4 Å². The summed E-state index contributed by atoms with van der Waals surface area (Å²) < 4.78 is 5.04. The SMILES string of the molecule is O=C(NN1C[C@H](C(=O)OCC(=O)c2ccc(Cl)cc2Cl)CC1=O)c1ccc(Cl)c(Cl)c1. The van der Waals surface area contributed by atoms with Gasteiger partial charge in [-0.3, -0.25) is 29.6 Å². The van der Waals surface area contributed by atoms with E-state index in [9.17, 15) is 19.2 Å². The van der Waals surface area contributed by atoms with Crippen LogP contribution in [0.3, 0.4) is 0 Å². The average Bonchev–Trinajstić information content (AvgIpc) is 3.08. The largest absolute Gasteiger partial charge is 0.457 e. The van der Waals surface area contributed by atoms with Crippen LogP contribution in [0.4, 0.5) is 0 Å². The summed E-state index contributed by atoms with van der Waals surface area (Å²) in [7, 11) is 0. The number of carbonyl (C=O) groups is 4. The van der Waals surface area contributed by atoms with Gasteiger partial charge in [0.2, 0.25) is 11.7 Å². The number of Topliss-reactive ketones (excluding diaryl/α,β-unsaturated/α-hetero) is 1. The summed E-state index contributed by atoms with van der Waals surface area (Å²) in [5.74, 6) is -3.15. The number of hydrogen-bond donors (Lipinski definition) is 1. The number of hydrogen-bond acceptors (Lipinski definition) is 5. The van der Waals surface area contributed by atoms with Crippen molar-refractivity contribution < 1.29 is 23.9 Å². The number of benzene rings is 2. The van der Waals surface area contributed by atoms with E-state index in [4.69, 9.17) is 51.1 Å². The molecule has 162 valence electrons. The number of amides is 2. The first-order valence-corrected chi connectivity index (χ1v) is 10.4. The molecule has 0 spiro atoms. The number of halogens is 4. The molecule has 0 unspecified atom stereocenters. The van der Waals surface area contributed by atoms with Crippen molar-refractivity contribution in [1.29, 1.82) is 0 Å². The molecule has 2 amide bonds. The monoisotopic (exact) mass is 502 g/mol. The summed E-state index contributed by atoms with van der Waals surface area (Å²) in [4.78, 5) is 49.0. The van der Waals surface area contributed by atoms with Crippen molar-refractivity contribution >= 4 is 70.0 Å². The third kappa shape index (κ3) is 5.68. The lowest BCUT2D eigenvalue weighted by molar-refractivity contribution is -0.147. The fraction of sp³-hybridized carbons (Fsp3) is 0.200. The normalized spacial score (nSPS) is 15.7. The van der Waals surface area contributed by atoms with Gasteiger partial charge in [0.15, 0.2) is 6.61 Å². The Morgan fingerprint density at radius 1 is 1.00 bits per heavy atom. The van der Waals surface area contributed by atoms with Crippen molar-refractivity contribution in [3.8, 4) is 0 Å². The zero-order valence-electron chi connectivity index (χ0n) is 15.7. The molecule has 1 atom stereocenters. The van der Waals surface area contributed by atoms with Crippen LogP contribution in [0.25, 0.3) is 0 Å². The van der Waals surface area contributed by atoms with E-state index in [0.717, 1.165) is 5.01 Å². The number of nitrogens with zero attached hydrogens (tertiary/aromatic N) is 1. The predicted octanol–water partition coefficient (Wildman–Crippen LogP) is 4.22. The molecule has 31 heavy (non-hydrogen) atoms. The van der Waals surface area contributed by atoms with Gasteiger partial charge in [-0.15, -0.1) is 0 Å². The molecule has 1 fully saturated rings. The summed E-state index contributed by atoms with van der Waals surface area (Å²) in [5.41, 5.74) is 2.78. The van der Waals surface area contributed by atoms with E-state index < -0.39 is 36.1 Å². The standard InChI is InChI=1S/C20H14Cl4N2O5/c21-12-2-3-13(15(23)7-12)17(27)9-31-20(30)11-6-18(28)26(8-11)25-19(29)10-1-4-14(22)16(24)5-10/h1-5,7,11H,6,8-9H2,(H,25,29)/t11-/m1/s1. The first kappa shape index (κ1) is 23.3. The van der Waals surface area contributed by atoms with Gasteiger partial charge in [-0.25, -0.2) is 0 Å². The van der Waals surface area contributed by atoms with Crippen molar-refractivity contribution in [2.75, 3.05) is 13.2 Å². The molecule has 2 aromatic rings. The van der Waals surface area contributed by atoms with Gasteiger partial charge in [-0.05, 0) is 36.4 Å². The van der Waals surface area contributed by atoms with Crippen molar-refractivity contribution in [2.24, 2.45) is 5.92 Å². The van der Waals surface area contributed by atoms with Gasteiger partial charge in [0.05, 0.1) is 27.5 Å². The predicted molar refractivity (Wildman–Crippen MR) is 115 cm³/mol. The van der Waals surface area contributed by atoms with E-state index in [0.29, 0.717) is 5.02 Å². The Labute approximate surface area is 197 Å². The molecule has 0 aliphatic carbocycles. The molecule has 1 heterocycles. The molecular weight excluding hydrogens is 490 g/mol. The van der Waals surface area contributed by atoms with Crippen molar-refractivity contribution in [2.45, 2.75) is 6.42 Å². The number of esters is 1. The molecule has 1 aliphatic heterocycles. The minimum atomic E-state index is -0.838. The smallest absolute Gasteiger partial charge is 0.311 e. The number of rotatable bonds is 6. The number of ether oxygens (including phenoxy) is 1. The summed E-state index contributed by atoms with van der Waals surface area (Å²) >= 11 is 23.5. The highest BCUT2D eigenvalue weighted by Crippen LogP contribution is 2.24. The Kier molecular flexibility index (Phi) is 7.43. The van der Waals surface area contributed by atoms with E-state index in [1.54, 1.807) is 0 Å². The number of carbonyl (C=O) groups excluding carboxylic acids is 4. The fourth-order valence-electron chi connectivity index (χ4n) is 2.85. The Balaban J connectivity index is 1.55. The van der Waals surface area contributed by atoms with Gasteiger partial charge < -0.3 is 4.74 Å². The number of nitrogens with one attached hydrogen (secondary N) is 1. The van der Waals surface area contributed by atoms with Gasteiger partial charge in [0, 0.05) is 22.6 Å². The van der Waals surface area contributed by atoms with Gasteiger partial charge in [-0.2, -0.15) is 0 Å². The maximum absolute atomic E-state index is 12.3. The van der Waals surface area contributed by atoms with Gasteiger partial charge in [-0.1, -0.05) is 46.4 Å². The molecule has 0 bridgehead atoms.